The van der Waals surface area contributed by atoms with Gasteiger partial charge in [-0.2, -0.15) is 0 Å². The number of rotatable bonds is 2. The summed E-state index contributed by atoms with van der Waals surface area (Å²) in [6.45, 7) is 13.5. The molecule has 2 N–H and O–H groups in total. The molecular weight excluding hydrogens is 316 g/mol. The molecule has 4 heteroatoms. The van der Waals surface area contributed by atoms with Gasteiger partial charge >= 0.3 is 11.9 Å². The van der Waals surface area contributed by atoms with Crippen LogP contribution in [0.2, 0.25) is 0 Å². The molecule has 0 bridgehead atoms. The van der Waals surface area contributed by atoms with E-state index in [0.717, 1.165) is 0 Å². The zero-order chi connectivity index (χ0) is 19.6. The van der Waals surface area contributed by atoms with E-state index < -0.39 is 11.9 Å². The predicted molar refractivity (Wildman–Crippen MR) is 103 cm³/mol. The van der Waals surface area contributed by atoms with Crippen molar-refractivity contribution in [3.05, 3.63) is 72.8 Å². The second kappa shape index (κ2) is 10.1. The highest BCUT2D eigenvalue weighted by molar-refractivity contribution is 5.87. The first-order valence-corrected chi connectivity index (χ1v) is 7.72. The third-order valence-electron chi connectivity index (χ3n) is 3.19. The van der Waals surface area contributed by atoms with Crippen LogP contribution in [0.15, 0.2) is 72.8 Å². The van der Waals surface area contributed by atoms with Gasteiger partial charge < -0.3 is 10.2 Å². The molecule has 0 aromatic heterocycles. The Kier molecular flexibility index (Phi) is 8.92. The highest BCUT2D eigenvalue weighted by Gasteiger charge is 2.20. The lowest BCUT2D eigenvalue weighted by Crippen LogP contribution is -2.15. The summed E-state index contributed by atoms with van der Waals surface area (Å²) < 4.78 is 0. The maximum atomic E-state index is 10.2. The Labute approximate surface area is 149 Å². The lowest BCUT2D eigenvalue weighted by molar-refractivity contribution is -0.134. The van der Waals surface area contributed by atoms with Crippen LogP contribution < -0.4 is 0 Å². The van der Waals surface area contributed by atoms with Crippen molar-refractivity contribution in [2.45, 2.75) is 27.7 Å². The van der Waals surface area contributed by atoms with Crippen molar-refractivity contribution in [1.82, 2.24) is 0 Å². The van der Waals surface area contributed by atoms with E-state index in [9.17, 15) is 9.59 Å². The fraction of sp³-hybridized carbons (Fsp3) is 0.238. The molecule has 0 aliphatic heterocycles. The summed E-state index contributed by atoms with van der Waals surface area (Å²) in [7, 11) is 0. The number of carboxylic acids is 2. The molecule has 0 saturated heterocycles. The number of benzene rings is 2. The fourth-order valence-electron chi connectivity index (χ4n) is 1.45. The van der Waals surface area contributed by atoms with Crippen molar-refractivity contribution in [2.24, 2.45) is 5.41 Å². The molecule has 0 heterocycles. The average Bonchev–Trinajstić information content (AvgIpc) is 2.54. The molecule has 2 aromatic rings. The third-order valence-corrected chi connectivity index (χ3v) is 3.19. The van der Waals surface area contributed by atoms with Gasteiger partial charge in [0.1, 0.15) is 0 Å². The number of hydrogen-bond acceptors (Lipinski definition) is 2. The van der Waals surface area contributed by atoms with Gasteiger partial charge in [-0.25, -0.2) is 9.59 Å². The second-order valence-electron chi connectivity index (χ2n) is 6.47. The quantitative estimate of drug-likeness (QED) is 0.739. The van der Waals surface area contributed by atoms with Gasteiger partial charge in [-0.1, -0.05) is 82.5 Å². The Bertz CT molecular complexity index is 674. The van der Waals surface area contributed by atoms with Crippen LogP contribution in [0.4, 0.5) is 0 Å². The van der Waals surface area contributed by atoms with E-state index in [1.165, 1.54) is 17.7 Å². The molecule has 0 saturated carbocycles. The van der Waals surface area contributed by atoms with Crippen molar-refractivity contribution >= 4 is 22.7 Å². The first-order valence-electron chi connectivity index (χ1n) is 7.72. The number of aliphatic carboxylic acids is 2. The van der Waals surface area contributed by atoms with Crippen molar-refractivity contribution in [2.75, 3.05) is 0 Å². The summed E-state index contributed by atoms with van der Waals surface area (Å²) in [6.07, 6.45) is 0. The maximum absolute atomic E-state index is 10.2. The normalized spacial score (nSPS) is 9.76. The van der Waals surface area contributed by atoms with Gasteiger partial charge in [-0.3, -0.25) is 0 Å². The summed E-state index contributed by atoms with van der Waals surface area (Å²) in [5.41, 5.74) is 0.115. The van der Waals surface area contributed by atoms with E-state index in [-0.39, 0.29) is 16.6 Å². The second-order valence-corrected chi connectivity index (χ2v) is 6.47. The molecule has 0 fully saturated rings. The highest BCUT2D eigenvalue weighted by Crippen LogP contribution is 2.22. The number of fused-ring (bicyclic) bond motifs is 1. The summed E-state index contributed by atoms with van der Waals surface area (Å²) >= 11 is 0. The molecule has 0 aliphatic carbocycles. The van der Waals surface area contributed by atoms with Crippen LogP contribution >= 0.6 is 0 Å². The van der Waals surface area contributed by atoms with Crippen LogP contribution in [0.1, 0.15) is 27.7 Å². The average molecular weight is 342 g/mol. The van der Waals surface area contributed by atoms with Crippen LogP contribution in [0, 0.1) is 5.41 Å². The molecule has 25 heavy (non-hydrogen) atoms. The van der Waals surface area contributed by atoms with E-state index in [4.69, 9.17) is 10.2 Å². The standard InChI is InChI=1S/C10H8.C7H12O2.C4H6O2/c1-2-6-10-8-4-3-7-9(10)5-1;1-5(6(8)9)7(2,3)4;1-3(2)4(5)6/h1-8H;1H2,2-4H3,(H,8,9);1H2,2H3,(H,5,6). The lowest BCUT2D eigenvalue weighted by Gasteiger charge is -2.17. The molecule has 4 nitrogen and oxygen atoms in total. The van der Waals surface area contributed by atoms with E-state index in [2.05, 4.69) is 61.7 Å². The summed E-state index contributed by atoms with van der Waals surface area (Å²) in [4.78, 5) is 19.8. The van der Waals surface area contributed by atoms with E-state index in [1.807, 2.05) is 20.8 Å². The van der Waals surface area contributed by atoms with Crippen LogP contribution in [0.5, 0.6) is 0 Å². The predicted octanol–water partition coefficient (Wildman–Crippen LogP) is 5.16. The van der Waals surface area contributed by atoms with E-state index in [0.29, 0.717) is 0 Å². The number of carbonyl (C=O) groups is 2. The van der Waals surface area contributed by atoms with Crippen LogP contribution in [-0.2, 0) is 9.59 Å². The highest BCUT2D eigenvalue weighted by atomic mass is 16.4. The summed E-state index contributed by atoms with van der Waals surface area (Å²) in [6, 6.07) is 16.7. The monoisotopic (exact) mass is 342 g/mol. The SMILES string of the molecule is C=C(C(=O)O)C(C)(C)C.C=C(C)C(=O)O.c1ccc2ccccc2c1. The Balaban J connectivity index is 0.000000359. The van der Waals surface area contributed by atoms with Gasteiger partial charge in [0.2, 0.25) is 0 Å². The van der Waals surface area contributed by atoms with Gasteiger partial charge in [-0.05, 0) is 23.1 Å². The fourth-order valence-corrected chi connectivity index (χ4v) is 1.45. The molecule has 0 spiro atoms. The summed E-state index contributed by atoms with van der Waals surface area (Å²) in [5, 5.41) is 18.9. The van der Waals surface area contributed by atoms with Gasteiger partial charge in [-0.15, -0.1) is 0 Å². The zero-order valence-electron chi connectivity index (χ0n) is 15.2. The minimum Gasteiger partial charge on any atom is -0.478 e. The van der Waals surface area contributed by atoms with Crippen molar-refractivity contribution in [3.8, 4) is 0 Å². The largest absolute Gasteiger partial charge is 0.478 e. The van der Waals surface area contributed by atoms with Gasteiger partial charge in [0.15, 0.2) is 0 Å². The molecule has 0 atom stereocenters. The van der Waals surface area contributed by atoms with Crippen LogP contribution in [-0.4, -0.2) is 22.2 Å². The van der Waals surface area contributed by atoms with Gasteiger partial charge in [0, 0.05) is 11.1 Å². The van der Waals surface area contributed by atoms with Crippen molar-refractivity contribution in [3.63, 3.8) is 0 Å². The molecule has 134 valence electrons. The third kappa shape index (κ3) is 9.11. The zero-order valence-corrected chi connectivity index (χ0v) is 15.2. The van der Waals surface area contributed by atoms with E-state index in [1.54, 1.807) is 0 Å². The molecule has 2 aromatic carbocycles. The van der Waals surface area contributed by atoms with Crippen molar-refractivity contribution in [1.29, 1.82) is 0 Å². The molecular formula is C21H26O4. The number of hydrogen-bond donors (Lipinski definition) is 2. The number of carboxylic acid groups (broad SMARTS) is 2. The molecule has 0 aliphatic rings. The first kappa shape index (κ1) is 22.1. The topological polar surface area (TPSA) is 74.6 Å². The molecule has 0 amide bonds. The lowest BCUT2D eigenvalue weighted by atomic mass is 9.88. The van der Waals surface area contributed by atoms with Crippen LogP contribution in [0.25, 0.3) is 10.8 Å². The van der Waals surface area contributed by atoms with Crippen molar-refractivity contribution < 1.29 is 19.8 Å². The molecule has 2 rings (SSSR count). The maximum Gasteiger partial charge on any atom is 0.331 e. The Morgan fingerprint density at radius 1 is 0.800 bits per heavy atom. The van der Waals surface area contributed by atoms with Crippen LogP contribution in [0.3, 0.4) is 0 Å². The Morgan fingerprint density at radius 3 is 1.20 bits per heavy atom. The Morgan fingerprint density at radius 2 is 1.08 bits per heavy atom. The smallest absolute Gasteiger partial charge is 0.331 e. The minimum atomic E-state index is -0.935. The van der Waals surface area contributed by atoms with Gasteiger partial charge in [0.25, 0.3) is 0 Å². The summed E-state index contributed by atoms with van der Waals surface area (Å²) in [5.74, 6) is -1.85. The van der Waals surface area contributed by atoms with Gasteiger partial charge in [0.05, 0.1) is 0 Å². The Hall–Kier alpha value is -2.88. The molecule has 0 radical (unpaired) electrons. The minimum absolute atomic E-state index is 0.176. The first-order chi connectivity index (χ1) is 11.5. The molecule has 0 unspecified atom stereocenters. The van der Waals surface area contributed by atoms with E-state index >= 15 is 0 Å².